The van der Waals surface area contributed by atoms with Crippen molar-refractivity contribution < 1.29 is 4.39 Å². The van der Waals surface area contributed by atoms with E-state index in [1.54, 1.807) is 6.07 Å². The SMILES string of the molecule is CC.Cc1cc(N2CCC(C)(C)C2)ccc1F. The van der Waals surface area contributed by atoms with E-state index in [-0.39, 0.29) is 5.82 Å². The third-order valence-corrected chi connectivity index (χ3v) is 3.18. The molecule has 0 atom stereocenters. The molecule has 0 saturated carbocycles. The van der Waals surface area contributed by atoms with E-state index >= 15 is 0 Å². The zero-order valence-corrected chi connectivity index (χ0v) is 11.7. The first-order valence-corrected chi connectivity index (χ1v) is 6.49. The van der Waals surface area contributed by atoms with Gasteiger partial charge in [0, 0.05) is 18.8 Å². The summed E-state index contributed by atoms with van der Waals surface area (Å²) in [4.78, 5) is 2.34. The van der Waals surface area contributed by atoms with Crippen molar-refractivity contribution in [1.29, 1.82) is 0 Å². The Morgan fingerprint density at radius 3 is 2.35 bits per heavy atom. The predicted octanol–water partition coefficient (Wildman–Crippen LogP) is 4.40. The molecular formula is C15H24FN. The van der Waals surface area contributed by atoms with Gasteiger partial charge in [-0.1, -0.05) is 27.7 Å². The van der Waals surface area contributed by atoms with Crippen LogP contribution >= 0.6 is 0 Å². The van der Waals surface area contributed by atoms with Crippen LogP contribution in [0, 0.1) is 18.2 Å². The topological polar surface area (TPSA) is 3.24 Å². The summed E-state index contributed by atoms with van der Waals surface area (Å²) in [5.74, 6) is -0.114. The number of hydrogen-bond donors (Lipinski definition) is 0. The van der Waals surface area contributed by atoms with Crippen molar-refractivity contribution in [1.82, 2.24) is 0 Å². The summed E-state index contributed by atoms with van der Waals surface area (Å²) >= 11 is 0. The van der Waals surface area contributed by atoms with E-state index in [4.69, 9.17) is 0 Å². The molecule has 1 fully saturated rings. The lowest BCUT2D eigenvalue weighted by atomic mass is 9.93. The van der Waals surface area contributed by atoms with Crippen LogP contribution in [0.2, 0.25) is 0 Å². The predicted molar refractivity (Wildman–Crippen MR) is 73.1 cm³/mol. The van der Waals surface area contributed by atoms with Crippen molar-refractivity contribution in [3.63, 3.8) is 0 Å². The minimum absolute atomic E-state index is 0.114. The Bertz CT molecular complexity index is 371. The number of rotatable bonds is 1. The van der Waals surface area contributed by atoms with Gasteiger partial charge in [-0.25, -0.2) is 4.39 Å². The highest BCUT2D eigenvalue weighted by atomic mass is 19.1. The molecule has 0 aromatic heterocycles. The van der Waals surface area contributed by atoms with Gasteiger partial charge in [0.15, 0.2) is 0 Å². The lowest BCUT2D eigenvalue weighted by Gasteiger charge is -2.22. The average Bonchev–Trinajstić information content (AvgIpc) is 2.66. The maximum Gasteiger partial charge on any atom is 0.126 e. The molecule has 1 aromatic rings. The number of halogens is 1. The number of benzene rings is 1. The highest BCUT2D eigenvalue weighted by Crippen LogP contribution is 2.32. The van der Waals surface area contributed by atoms with E-state index in [1.165, 1.54) is 6.42 Å². The van der Waals surface area contributed by atoms with Gasteiger partial charge in [-0.3, -0.25) is 0 Å². The minimum atomic E-state index is -0.114. The first kappa shape index (κ1) is 14.0. The van der Waals surface area contributed by atoms with Crippen LogP contribution in [0.3, 0.4) is 0 Å². The lowest BCUT2D eigenvalue weighted by molar-refractivity contribution is 0.418. The van der Waals surface area contributed by atoms with Gasteiger partial charge in [0.2, 0.25) is 0 Å². The molecule has 0 unspecified atom stereocenters. The second-order valence-electron chi connectivity index (χ2n) is 5.27. The molecule has 0 aliphatic carbocycles. The zero-order chi connectivity index (χ0) is 13.1. The molecule has 1 aromatic carbocycles. The quantitative estimate of drug-likeness (QED) is 0.700. The molecule has 1 saturated heterocycles. The van der Waals surface area contributed by atoms with E-state index in [2.05, 4.69) is 18.7 Å². The Hall–Kier alpha value is -1.05. The normalized spacial score (nSPS) is 17.6. The summed E-state index contributed by atoms with van der Waals surface area (Å²) in [6.45, 7) is 12.5. The Morgan fingerprint density at radius 2 is 1.88 bits per heavy atom. The zero-order valence-electron chi connectivity index (χ0n) is 11.7. The summed E-state index contributed by atoms with van der Waals surface area (Å²) in [5, 5.41) is 0. The van der Waals surface area contributed by atoms with Gasteiger partial charge in [0.25, 0.3) is 0 Å². The molecule has 0 spiro atoms. The molecule has 0 amide bonds. The van der Waals surface area contributed by atoms with E-state index in [0.29, 0.717) is 5.41 Å². The van der Waals surface area contributed by atoms with Gasteiger partial charge in [-0.05, 0) is 42.5 Å². The minimum Gasteiger partial charge on any atom is -0.371 e. The number of anilines is 1. The maximum absolute atomic E-state index is 13.1. The molecule has 1 aliphatic heterocycles. The molecule has 2 rings (SSSR count). The Labute approximate surface area is 105 Å². The smallest absolute Gasteiger partial charge is 0.126 e. The summed E-state index contributed by atoms with van der Waals surface area (Å²) in [6, 6.07) is 5.39. The Kier molecular flexibility index (Phi) is 4.55. The third-order valence-electron chi connectivity index (χ3n) is 3.18. The van der Waals surface area contributed by atoms with Crippen molar-refractivity contribution in [3.8, 4) is 0 Å². The van der Waals surface area contributed by atoms with Crippen molar-refractivity contribution >= 4 is 5.69 Å². The van der Waals surface area contributed by atoms with Gasteiger partial charge >= 0.3 is 0 Å². The molecular weight excluding hydrogens is 213 g/mol. The highest BCUT2D eigenvalue weighted by Gasteiger charge is 2.29. The van der Waals surface area contributed by atoms with Crippen LogP contribution in [0.25, 0.3) is 0 Å². The molecule has 96 valence electrons. The largest absolute Gasteiger partial charge is 0.371 e. The summed E-state index contributed by atoms with van der Waals surface area (Å²) in [6.07, 6.45) is 1.21. The lowest BCUT2D eigenvalue weighted by Crippen LogP contribution is -2.22. The Morgan fingerprint density at radius 1 is 1.24 bits per heavy atom. The first-order chi connectivity index (χ1) is 7.98. The fraction of sp³-hybridized carbons (Fsp3) is 0.600. The van der Waals surface area contributed by atoms with Crippen LogP contribution < -0.4 is 4.90 Å². The third kappa shape index (κ3) is 3.45. The standard InChI is InChI=1S/C13H18FN.C2H6/c1-10-8-11(4-5-12(10)14)15-7-6-13(2,3)9-15;1-2/h4-5,8H,6-7,9H2,1-3H3;1-2H3. The second-order valence-corrected chi connectivity index (χ2v) is 5.27. The van der Waals surface area contributed by atoms with Crippen molar-refractivity contribution in [2.75, 3.05) is 18.0 Å². The van der Waals surface area contributed by atoms with Crippen LogP contribution in [-0.2, 0) is 0 Å². The monoisotopic (exact) mass is 237 g/mol. The van der Waals surface area contributed by atoms with Crippen LogP contribution in [0.4, 0.5) is 10.1 Å². The molecule has 17 heavy (non-hydrogen) atoms. The van der Waals surface area contributed by atoms with E-state index in [0.717, 1.165) is 24.3 Å². The van der Waals surface area contributed by atoms with Crippen LogP contribution in [0.5, 0.6) is 0 Å². The van der Waals surface area contributed by atoms with E-state index in [1.807, 2.05) is 32.9 Å². The van der Waals surface area contributed by atoms with E-state index in [9.17, 15) is 4.39 Å². The molecule has 2 heteroatoms. The Balaban J connectivity index is 0.000000686. The van der Waals surface area contributed by atoms with Gasteiger partial charge in [0.05, 0.1) is 0 Å². The van der Waals surface area contributed by atoms with E-state index < -0.39 is 0 Å². The first-order valence-electron chi connectivity index (χ1n) is 6.49. The van der Waals surface area contributed by atoms with Crippen LogP contribution in [0.15, 0.2) is 18.2 Å². The summed E-state index contributed by atoms with van der Waals surface area (Å²) < 4.78 is 13.1. The fourth-order valence-corrected chi connectivity index (χ4v) is 2.16. The fourth-order valence-electron chi connectivity index (χ4n) is 2.16. The van der Waals surface area contributed by atoms with Crippen molar-refractivity contribution in [2.45, 2.75) is 41.0 Å². The number of nitrogens with zero attached hydrogens (tertiary/aromatic N) is 1. The molecule has 0 radical (unpaired) electrons. The number of hydrogen-bond acceptors (Lipinski definition) is 1. The van der Waals surface area contributed by atoms with Gasteiger partial charge in [-0.15, -0.1) is 0 Å². The van der Waals surface area contributed by atoms with Crippen LogP contribution in [0.1, 0.15) is 39.7 Å². The average molecular weight is 237 g/mol. The van der Waals surface area contributed by atoms with Crippen molar-refractivity contribution in [3.05, 3.63) is 29.6 Å². The molecule has 1 heterocycles. The van der Waals surface area contributed by atoms with Gasteiger partial charge < -0.3 is 4.90 Å². The van der Waals surface area contributed by atoms with Crippen molar-refractivity contribution in [2.24, 2.45) is 5.41 Å². The molecule has 0 N–H and O–H groups in total. The van der Waals surface area contributed by atoms with Gasteiger partial charge in [-0.2, -0.15) is 0 Å². The summed E-state index contributed by atoms with van der Waals surface area (Å²) in [5.41, 5.74) is 2.28. The second kappa shape index (κ2) is 5.52. The molecule has 0 bridgehead atoms. The van der Waals surface area contributed by atoms with Gasteiger partial charge in [0.1, 0.15) is 5.82 Å². The number of aryl methyl sites for hydroxylation is 1. The molecule has 1 nitrogen and oxygen atoms in total. The maximum atomic E-state index is 13.1. The summed E-state index contributed by atoms with van der Waals surface area (Å²) in [7, 11) is 0. The molecule has 1 aliphatic rings. The van der Waals surface area contributed by atoms with Crippen LogP contribution in [-0.4, -0.2) is 13.1 Å². The highest BCUT2D eigenvalue weighted by molar-refractivity contribution is 5.50.